The van der Waals surface area contributed by atoms with Crippen molar-refractivity contribution in [1.82, 2.24) is 24.6 Å². The summed E-state index contributed by atoms with van der Waals surface area (Å²) >= 11 is 0. The first kappa shape index (κ1) is 17.9. The van der Waals surface area contributed by atoms with Crippen molar-refractivity contribution < 1.29 is 9.18 Å². The second kappa shape index (κ2) is 7.53. The number of nitrogens with one attached hydrogen (secondary N) is 1. The first-order valence-electron chi connectivity index (χ1n) is 8.39. The molecule has 0 saturated carbocycles. The monoisotopic (exact) mass is 355 g/mol. The van der Waals surface area contributed by atoms with Crippen molar-refractivity contribution in [2.45, 2.75) is 6.92 Å². The standard InChI is InChI=1S/C19H22FN5O/c1-14-17(18(26)21-10-13-23(2)3)19(24-11-4-5-12-24)25(22-14)16-8-6-15(20)7-9-16/h4-9,11-12H,10,13H2,1-3H3,(H,21,26). The fourth-order valence-electron chi connectivity index (χ4n) is 2.74. The van der Waals surface area contributed by atoms with Crippen molar-refractivity contribution in [3.63, 3.8) is 0 Å². The minimum absolute atomic E-state index is 0.179. The zero-order valence-corrected chi connectivity index (χ0v) is 15.1. The SMILES string of the molecule is Cc1nn(-c2ccc(F)cc2)c(-n2cccc2)c1C(=O)NCCN(C)C. The number of amides is 1. The predicted octanol–water partition coefficient (Wildman–Crippen LogP) is 2.40. The molecule has 136 valence electrons. The van der Waals surface area contributed by atoms with Crippen LogP contribution in [0.25, 0.3) is 11.5 Å². The molecule has 0 aliphatic rings. The van der Waals surface area contributed by atoms with E-state index < -0.39 is 0 Å². The molecular formula is C19H22FN5O. The van der Waals surface area contributed by atoms with E-state index in [1.807, 2.05) is 48.1 Å². The highest BCUT2D eigenvalue weighted by atomic mass is 19.1. The summed E-state index contributed by atoms with van der Waals surface area (Å²) in [6.07, 6.45) is 3.71. The summed E-state index contributed by atoms with van der Waals surface area (Å²) in [5.41, 5.74) is 1.80. The van der Waals surface area contributed by atoms with Crippen LogP contribution in [0.15, 0.2) is 48.8 Å². The number of hydrogen-bond donors (Lipinski definition) is 1. The van der Waals surface area contributed by atoms with Crippen LogP contribution < -0.4 is 5.32 Å². The Morgan fingerprint density at radius 1 is 1.19 bits per heavy atom. The van der Waals surface area contributed by atoms with E-state index >= 15 is 0 Å². The molecule has 0 spiro atoms. The van der Waals surface area contributed by atoms with E-state index in [2.05, 4.69) is 10.4 Å². The Morgan fingerprint density at radius 2 is 1.85 bits per heavy atom. The van der Waals surface area contributed by atoms with E-state index in [1.165, 1.54) is 12.1 Å². The third-order valence-corrected chi connectivity index (χ3v) is 4.03. The number of aromatic nitrogens is 3. The number of nitrogens with zero attached hydrogens (tertiary/aromatic N) is 4. The molecule has 6 nitrogen and oxygen atoms in total. The van der Waals surface area contributed by atoms with Crippen molar-refractivity contribution in [2.75, 3.05) is 27.2 Å². The quantitative estimate of drug-likeness (QED) is 0.739. The lowest BCUT2D eigenvalue weighted by Crippen LogP contribution is -2.32. The smallest absolute Gasteiger partial charge is 0.257 e. The van der Waals surface area contributed by atoms with Crippen LogP contribution in [0.4, 0.5) is 4.39 Å². The highest BCUT2D eigenvalue weighted by Gasteiger charge is 2.23. The molecule has 3 rings (SSSR count). The third-order valence-electron chi connectivity index (χ3n) is 4.03. The third kappa shape index (κ3) is 3.67. The molecule has 0 radical (unpaired) electrons. The van der Waals surface area contributed by atoms with E-state index in [-0.39, 0.29) is 11.7 Å². The molecule has 0 saturated heterocycles. The molecule has 1 amide bonds. The van der Waals surface area contributed by atoms with Crippen LogP contribution in [0.2, 0.25) is 0 Å². The lowest BCUT2D eigenvalue weighted by Gasteiger charge is -2.13. The molecule has 0 bridgehead atoms. The Morgan fingerprint density at radius 3 is 2.46 bits per heavy atom. The van der Waals surface area contributed by atoms with Crippen LogP contribution in [-0.4, -0.2) is 52.3 Å². The minimum Gasteiger partial charge on any atom is -0.351 e. The summed E-state index contributed by atoms with van der Waals surface area (Å²) in [5, 5.41) is 7.47. The van der Waals surface area contributed by atoms with Gasteiger partial charge in [-0.15, -0.1) is 0 Å². The number of halogens is 1. The number of carbonyl (C=O) groups is 1. The zero-order chi connectivity index (χ0) is 18.7. The molecule has 0 aliphatic heterocycles. The lowest BCUT2D eigenvalue weighted by molar-refractivity contribution is 0.0950. The Balaban J connectivity index is 2.04. The van der Waals surface area contributed by atoms with Crippen LogP contribution in [0.1, 0.15) is 16.1 Å². The van der Waals surface area contributed by atoms with Gasteiger partial charge in [-0.1, -0.05) is 0 Å². The summed E-state index contributed by atoms with van der Waals surface area (Å²) in [6.45, 7) is 3.09. The highest BCUT2D eigenvalue weighted by molar-refractivity contribution is 5.98. The molecular weight excluding hydrogens is 333 g/mol. The van der Waals surface area contributed by atoms with Gasteiger partial charge in [-0.25, -0.2) is 9.07 Å². The van der Waals surface area contributed by atoms with Crippen molar-refractivity contribution in [3.05, 3.63) is 65.9 Å². The summed E-state index contributed by atoms with van der Waals surface area (Å²) in [6, 6.07) is 9.80. The minimum atomic E-state index is -0.318. The second-order valence-electron chi connectivity index (χ2n) is 6.32. The van der Waals surface area contributed by atoms with Gasteiger partial charge >= 0.3 is 0 Å². The summed E-state index contributed by atoms with van der Waals surface area (Å²) in [5.74, 6) is 0.129. The number of rotatable bonds is 6. The van der Waals surface area contributed by atoms with Crippen molar-refractivity contribution in [3.8, 4) is 11.5 Å². The first-order valence-corrected chi connectivity index (χ1v) is 8.39. The lowest BCUT2D eigenvalue weighted by atomic mass is 10.2. The largest absolute Gasteiger partial charge is 0.351 e. The van der Waals surface area contributed by atoms with E-state index in [1.54, 1.807) is 23.7 Å². The van der Waals surface area contributed by atoms with Gasteiger partial charge in [0.1, 0.15) is 11.4 Å². The molecule has 2 aromatic heterocycles. The van der Waals surface area contributed by atoms with Gasteiger partial charge in [-0.05, 0) is 57.4 Å². The summed E-state index contributed by atoms with van der Waals surface area (Å²) < 4.78 is 16.8. The van der Waals surface area contributed by atoms with E-state index in [9.17, 15) is 9.18 Å². The molecule has 26 heavy (non-hydrogen) atoms. The van der Waals surface area contributed by atoms with Gasteiger partial charge in [0.05, 0.1) is 11.4 Å². The van der Waals surface area contributed by atoms with Crippen molar-refractivity contribution >= 4 is 5.91 Å². The first-order chi connectivity index (χ1) is 12.5. The molecule has 0 atom stereocenters. The second-order valence-corrected chi connectivity index (χ2v) is 6.32. The normalized spacial score (nSPS) is 11.1. The summed E-state index contributed by atoms with van der Waals surface area (Å²) in [4.78, 5) is 14.8. The number of aryl methyl sites for hydroxylation is 1. The Kier molecular flexibility index (Phi) is 5.18. The number of hydrogen-bond acceptors (Lipinski definition) is 3. The number of benzene rings is 1. The molecule has 7 heteroatoms. The van der Waals surface area contributed by atoms with E-state index in [0.29, 0.717) is 29.3 Å². The molecule has 1 aromatic carbocycles. The van der Waals surface area contributed by atoms with Gasteiger partial charge in [-0.3, -0.25) is 4.79 Å². The average molecular weight is 355 g/mol. The predicted molar refractivity (Wildman–Crippen MR) is 98.5 cm³/mol. The van der Waals surface area contributed by atoms with Crippen LogP contribution in [0.3, 0.4) is 0 Å². The number of carbonyl (C=O) groups excluding carboxylic acids is 1. The Labute approximate surface area is 151 Å². The van der Waals surface area contributed by atoms with Crippen molar-refractivity contribution in [2.24, 2.45) is 0 Å². The maximum atomic E-state index is 13.3. The van der Waals surface area contributed by atoms with Gasteiger partial charge in [0.15, 0.2) is 5.82 Å². The molecule has 1 N–H and O–H groups in total. The molecule has 3 aromatic rings. The Hall–Kier alpha value is -2.93. The number of likely N-dealkylation sites (N-methyl/N-ethyl adjacent to an activating group) is 1. The van der Waals surface area contributed by atoms with Crippen LogP contribution in [0.5, 0.6) is 0 Å². The molecule has 0 unspecified atom stereocenters. The highest BCUT2D eigenvalue weighted by Crippen LogP contribution is 2.23. The van der Waals surface area contributed by atoms with Gasteiger partial charge in [0, 0.05) is 25.5 Å². The zero-order valence-electron chi connectivity index (χ0n) is 15.1. The average Bonchev–Trinajstić information content (AvgIpc) is 3.22. The van der Waals surface area contributed by atoms with E-state index in [4.69, 9.17) is 0 Å². The maximum Gasteiger partial charge on any atom is 0.257 e. The van der Waals surface area contributed by atoms with Crippen molar-refractivity contribution in [1.29, 1.82) is 0 Å². The maximum absolute atomic E-state index is 13.3. The van der Waals surface area contributed by atoms with Gasteiger partial charge in [0.2, 0.25) is 0 Å². The van der Waals surface area contributed by atoms with Gasteiger partial charge in [0.25, 0.3) is 5.91 Å². The van der Waals surface area contributed by atoms with Gasteiger partial charge < -0.3 is 14.8 Å². The molecule has 0 fully saturated rings. The fraction of sp³-hybridized carbons (Fsp3) is 0.263. The fourth-order valence-corrected chi connectivity index (χ4v) is 2.74. The Bertz CT molecular complexity index is 882. The molecule has 2 heterocycles. The van der Waals surface area contributed by atoms with Crippen LogP contribution in [0, 0.1) is 12.7 Å². The summed E-state index contributed by atoms with van der Waals surface area (Å²) in [7, 11) is 3.91. The molecule has 0 aliphatic carbocycles. The van der Waals surface area contributed by atoms with Gasteiger partial charge in [-0.2, -0.15) is 5.10 Å². The van der Waals surface area contributed by atoms with Crippen LogP contribution >= 0.6 is 0 Å². The van der Waals surface area contributed by atoms with E-state index in [0.717, 1.165) is 6.54 Å². The topological polar surface area (TPSA) is 55.1 Å². The van der Waals surface area contributed by atoms with Crippen LogP contribution in [-0.2, 0) is 0 Å².